The molecule has 0 aliphatic carbocycles. The predicted molar refractivity (Wildman–Crippen MR) is 62.1 cm³/mol. The molecule has 4 nitrogen and oxygen atoms in total. The first-order valence-corrected chi connectivity index (χ1v) is 6.44. The minimum absolute atomic E-state index is 0.268. The van der Waals surface area contributed by atoms with Crippen molar-refractivity contribution in [2.75, 3.05) is 32.8 Å². The van der Waals surface area contributed by atoms with E-state index in [1.54, 1.807) is 0 Å². The molecule has 0 saturated carbocycles. The third kappa shape index (κ3) is 2.74. The van der Waals surface area contributed by atoms with Gasteiger partial charge in [-0.2, -0.15) is 0 Å². The first kappa shape index (κ1) is 11.9. The van der Waals surface area contributed by atoms with Crippen LogP contribution in [0.4, 0.5) is 0 Å². The highest BCUT2D eigenvalue weighted by Gasteiger charge is 2.28. The number of hydrogen-bond acceptors (Lipinski definition) is 3. The number of nitrogens with zero attached hydrogens (tertiary/aromatic N) is 2. The second-order valence-electron chi connectivity index (χ2n) is 4.87. The Morgan fingerprint density at radius 3 is 2.69 bits per heavy atom. The second kappa shape index (κ2) is 5.64. The number of carbonyl (C=O) groups excluding carboxylic acids is 1. The molecule has 16 heavy (non-hydrogen) atoms. The Kier molecular flexibility index (Phi) is 4.18. The summed E-state index contributed by atoms with van der Waals surface area (Å²) >= 11 is 0. The zero-order valence-corrected chi connectivity index (χ0v) is 9.90. The summed E-state index contributed by atoms with van der Waals surface area (Å²) in [5.74, 6) is 0.294. The molecule has 1 unspecified atom stereocenters. The molecule has 2 heterocycles. The van der Waals surface area contributed by atoms with Gasteiger partial charge in [-0.3, -0.25) is 9.69 Å². The van der Waals surface area contributed by atoms with Crippen LogP contribution in [0.15, 0.2) is 0 Å². The van der Waals surface area contributed by atoms with E-state index in [0.29, 0.717) is 18.5 Å². The third-order valence-electron chi connectivity index (χ3n) is 3.74. The van der Waals surface area contributed by atoms with Gasteiger partial charge in [0.1, 0.15) is 0 Å². The highest BCUT2D eigenvalue weighted by Crippen LogP contribution is 2.21. The van der Waals surface area contributed by atoms with E-state index in [4.69, 9.17) is 5.11 Å². The van der Waals surface area contributed by atoms with Crippen molar-refractivity contribution in [1.82, 2.24) is 9.80 Å². The lowest BCUT2D eigenvalue weighted by Crippen LogP contribution is -2.48. The first-order valence-electron chi connectivity index (χ1n) is 6.44. The lowest BCUT2D eigenvalue weighted by Gasteiger charge is -2.33. The minimum atomic E-state index is 0.268. The Bertz CT molecular complexity index is 241. The number of amides is 1. The lowest BCUT2D eigenvalue weighted by atomic mass is 10.1. The van der Waals surface area contributed by atoms with Crippen LogP contribution in [0.1, 0.15) is 32.1 Å². The van der Waals surface area contributed by atoms with Gasteiger partial charge in [0.05, 0.1) is 6.54 Å². The van der Waals surface area contributed by atoms with E-state index < -0.39 is 0 Å². The Hall–Kier alpha value is -0.610. The van der Waals surface area contributed by atoms with Crippen LogP contribution in [0.2, 0.25) is 0 Å². The topological polar surface area (TPSA) is 43.8 Å². The molecule has 1 N–H and O–H groups in total. The SMILES string of the molecule is O=C(CN1CCCC1CCCO)N1CCC1. The van der Waals surface area contributed by atoms with Crippen molar-refractivity contribution in [3.63, 3.8) is 0 Å². The van der Waals surface area contributed by atoms with E-state index in [0.717, 1.165) is 32.5 Å². The monoisotopic (exact) mass is 226 g/mol. The summed E-state index contributed by atoms with van der Waals surface area (Å²) in [7, 11) is 0. The second-order valence-corrected chi connectivity index (χ2v) is 4.87. The standard InChI is InChI=1S/C12H22N2O2/c15-9-2-5-11-4-1-6-14(11)10-12(16)13-7-3-8-13/h11,15H,1-10H2. The van der Waals surface area contributed by atoms with Gasteiger partial charge in [0.25, 0.3) is 0 Å². The maximum Gasteiger partial charge on any atom is 0.236 e. The molecule has 4 heteroatoms. The molecule has 0 spiro atoms. The van der Waals surface area contributed by atoms with Gasteiger partial charge in [-0.15, -0.1) is 0 Å². The fourth-order valence-corrected chi connectivity index (χ4v) is 2.60. The van der Waals surface area contributed by atoms with E-state index >= 15 is 0 Å². The molecule has 2 fully saturated rings. The first-order chi connectivity index (χ1) is 7.81. The molecule has 2 saturated heterocycles. The largest absolute Gasteiger partial charge is 0.396 e. The minimum Gasteiger partial charge on any atom is -0.396 e. The number of aliphatic hydroxyl groups excluding tert-OH is 1. The van der Waals surface area contributed by atoms with Crippen molar-refractivity contribution < 1.29 is 9.90 Å². The number of carbonyl (C=O) groups is 1. The summed E-state index contributed by atoms with van der Waals surface area (Å²) in [4.78, 5) is 16.1. The Balaban J connectivity index is 1.76. The number of aliphatic hydroxyl groups is 1. The van der Waals surface area contributed by atoms with Gasteiger partial charge in [0, 0.05) is 25.7 Å². The summed E-state index contributed by atoms with van der Waals surface area (Å²) in [6, 6.07) is 0.525. The molecule has 1 amide bonds. The molecular weight excluding hydrogens is 204 g/mol. The van der Waals surface area contributed by atoms with Gasteiger partial charge in [0.2, 0.25) is 5.91 Å². The summed E-state index contributed by atoms with van der Waals surface area (Å²) in [6.07, 6.45) is 5.44. The highest BCUT2D eigenvalue weighted by molar-refractivity contribution is 5.79. The number of rotatable bonds is 5. The normalized spacial score (nSPS) is 25.8. The number of hydrogen-bond donors (Lipinski definition) is 1. The van der Waals surface area contributed by atoms with Crippen molar-refractivity contribution in [3.05, 3.63) is 0 Å². The average molecular weight is 226 g/mol. The van der Waals surface area contributed by atoms with Crippen LogP contribution in [-0.4, -0.2) is 59.6 Å². The van der Waals surface area contributed by atoms with Crippen LogP contribution < -0.4 is 0 Å². The molecule has 0 aromatic rings. The molecular formula is C12H22N2O2. The van der Waals surface area contributed by atoms with Gasteiger partial charge >= 0.3 is 0 Å². The molecule has 0 radical (unpaired) electrons. The zero-order valence-electron chi connectivity index (χ0n) is 9.90. The van der Waals surface area contributed by atoms with Crippen LogP contribution in [0, 0.1) is 0 Å². The fourth-order valence-electron chi connectivity index (χ4n) is 2.60. The van der Waals surface area contributed by atoms with Gasteiger partial charge in [-0.05, 0) is 38.6 Å². The smallest absolute Gasteiger partial charge is 0.236 e. The molecule has 2 rings (SSSR count). The fraction of sp³-hybridized carbons (Fsp3) is 0.917. The van der Waals surface area contributed by atoms with Crippen molar-refractivity contribution in [3.8, 4) is 0 Å². The Morgan fingerprint density at radius 1 is 1.25 bits per heavy atom. The van der Waals surface area contributed by atoms with E-state index in [2.05, 4.69) is 4.90 Å². The van der Waals surface area contributed by atoms with Crippen LogP contribution in [0.3, 0.4) is 0 Å². The maximum absolute atomic E-state index is 11.8. The predicted octanol–water partition coefficient (Wildman–Crippen LogP) is 0.456. The maximum atomic E-state index is 11.8. The quantitative estimate of drug-likeness (QED) is 0.740. The molecule has 92 valence electrons. The highest BCUT2D eigenvalue weighted by atomic mass is 16.3. The van der Waals surface area contributed by atoms with Crippen LogP contribution in [-0.2, 0) is 4.79 Å². The molecule has 1 atom stereocenters. The Morgan fingerprint density at radius 2 is 2.06 bits per heavy atom. The summed E-state index contributed by atoms with van der Waals surface area (Å²) in [5.41, 5.74) is 0. The Labute approximate surface area is 97.2 Å². The van der Waals surface area contributed by atoms with Crippen molar-refractivity contribution in [2.24, 2.45) is 0 Å². The van der Waals surface area contributed by atoms with Crippen molar-refractivity contribution in [2.45, 2.75) is 38.1 Å². The molecule has 0 aromatic heterocycles. The van der Waals surface area contributed by atoms with E-state index in [-0.39, 0.29) is 6.61 Å². The van der Waals surface area contributed by atoms with E-state index in [1.807, 2.05) is 4.90 Å². The van der Waals surface area contributed by atoms with Gasteiger partial charge in [-0.1, -0.05) is 0 Å². The van der Waals surface area contributed by atoms with Crippen molar-refractivity contribution in [1.29, 1.82) is 0 Å². The van der Waals surface area contributed by atoms with Gasteiger partial charge < -0.3 is 10.0 Å². The summed E-state index contributed by atoms with van der Waals surface area (Å²) in [6.45, 7) is 3.82. The van der Waals surface area contributed by atoms with Gasteiger partial charge in [0.15, 0.2) is 0 Å². The summed E-state index contributed by atoms with van der Waals surface area (Å²) in [5, 5.41) is 8.84. The van der Waals surface area contributed by atoms with E-state index in [1.165, 1.54) is 19.3 Å². The van der Waals surface area contributed by atoms with Crippen LogP contribution in [0.25, 0.3) is 0 Å². The average Bonchev–Trinajstić information content (AvgIpc) is 2.59. The number of likely N-dealkylation sites (tertiary alicyclic amines) is 2. The van der Waals surface area contributed by atoms with Crippen LogP contribution in [0.5, 0.6) is 0 Å². The van der Waals surface area contributed by atoms with Crippen LogP contribution >= 0.6 is 0 Å². The molecule has 2 aliphatic rings. The zero-order chi connectivity index (χ0) is 11.4. The molecule has 0 bridgehead atoms. The third-order valence-corrected chi connectivity index (χ3v) is 3.74. The summed E-state index contributed by atoms with van der Waals surface area (Å²) < 4.78 is 0. The van der Waals surface area contributed by atoms with Crippen molar-refractivity contribution >= 4 is 5.91 Å². The molecule has 0 aromatic carbocycles. The van der Waals surface area contributed by atoms with E-state index in [9.17, 15) is 4.79 Å². The van der Waals surface area contributed by atoms with Gasteiger partial charge in [-0.25, -0.2) is 0 Å². The molecule has 2 aliphatic heterocycles. The lowest BCUT2D eigenvalue weighted by molar-refractivity contribution is -0.136.